The van der Waals surface area contributed by atoms with Gasteiger partial charge in [0.25, 0.3) is 0 Å². The summed E-state index contributed by atoms with van der Waals surface area (Å²) in [5.74, 6) is 1.08. The molecule has 1 saturated heterocycles. The zero-order chi connectivity index (χ0) is 20.9. The fourth-order valence-electron chi connectivity index (χ4n) is 3.23. The maximum absolute atomic E-state index is 10.9. The number of carbonyl (C=O) groups is 1. The Morgan fingerprint density at radius 2 is 2.14 bits per heavy atom. The van der Waals surface area contributed by atoms with Crippen LogP contribution in [0.3, 0.4) is 0 Å². The molecule has 152 valence electrons. The van der Waals surface area contributed by atoms with Crippen LogP contribution < -0.4 is 10.1 Å². The molecular weight excluding hydrogens is 372 g/mol. The molecule has 1 aliphatic rings. The summed E-state index contributed by atoms with van der Waals surface area (Å²) in [6, 6.07) is 9.36. The fraction of sp³-hybridized carbons (Fsp3) is 0.429. The van der Waals surface area contributed by atoms with Crippen LogP contribution in [0.15, 0.2) is 30.5 Å². The molecule has 2 heterocycles. The molecule has 0 aliphatic carbocycles. The molecule has 1 aliphatic heterocycles. The topological polar surface area (TPSA) is 117 Å². The number of amides is 1. The Labute approximate surface area is 169 Å². The number of rotatable bonds is 6. The minimum absolute atomic E-state index is 0.0521. The van der Waals surface area contributed by atoms with Crippen molar-refractivity contribution in [3.05, 3.63) is 41.9 Å². The van der Waals surface area contributed by atoms with Gasteiger partial charge in [-0.15, -0.1) is 0 Å². The van der Waals surface area contributed by atoms with Crippen molar-refractivity contribution >= 4 is 6.09 Å². The van der Waals surface area contributed by atoms with Gasteiger partial charge in [-0.1, -0.05) is 0 Å². The second-order valence-corrected chi connectivity index (χ2v) is 7.60. The Hall–Kier alpha value is -3.18. The van der Waals surface area contributed by atoms with E-state index >= 15 is 0 Å². The van der Waals surface area contributed by atoms with E-state index in [-0.39, 0.29) is 6.10 Å². The first-order chi connectivity index (χ1) is 13.9. The number of nitrogens with one attached hydrogen (secondary N) is 1. The zero-order valence-electron chi connectivity index (χ0n) is 16.5. The molecule has 0 radical (unpaired) electrons. The molecule has 1 aromatic carbocycles. The molecule has 2 N–H and O–H groups in total. The maximum Gasteiger partial charge on any atom is 0.405 e. The van der Waals surface area contributed by atoms with E-state index in [1.54, 1.807) is 38.2 Å². The van der Waals surface area contributed by atoms with E-state index in [1.165, 1.54) is 0 Å². The largest absolute Gasteiger partial charge is 0.489 e. The zero-order valence-corrected chi connectivity index (χ0v) is 16.5. The highest BCUT2D eigenvalue weighted by molar-refractivity contribution is 5.66. The van der Waals surface area contributed by atoms with Crippen LogP contribution >= 0.6 is 0 Å². The van der Waals surface area contributed by atoms with Gasteiger partial charge in [-0.05, 0) is 38.1 Å². The van der Waals surface area contributed by atoms with E-state index in [0.717, 1.165) is 18.4 Å². The normalized spacial score (nSPS) is 14.8. The predicted octanol–water partition coefficient (Wildman–Crippen LogP) is 3.16. The van der Waals surface area contributed by atoms with Crippen LogP contribution in [0.4, 0.5) is 4.79 Å². The van der Waals surface area contributed by atoms with Crippen LogP contribution in [0.25, 0.3) is 11.3 Å². The third-order valence-electron chi connectivity index (χ3n) is 4.61. The van der Waals surface area contributed by atoms with Gasteiger partial charge in [-0.3, -0.25) is 0 Å². The van der Waals surface area contributed by atoms with Gasteiger partial charge in [-0.25, -0.2) is 14.8 Å². The summed E-state index contributed by atoms with van der Waals surface area (Å²) in [4.78, 5) is 19.7. The quantitative estimate of drug-likeness (QED) is 0.770. The highest BCUT2D eigenvalue weighted by Gasteiger charge is 2.22. The molecule has 1 amide bonds. The van der Waals surface area contributed by atoms with Gasteiger partial charge in [-0.2, -0.15) is 5.26 Å². The lowest BCUT2D eigenvalue weighted by molar-refractivity contribution is 0.0254. The summed E-state index contributed by atoms with van der Waals surface area (Å²) in [5.41, 5.74) is 1.18. The fourth-order valence-corrected chi connectivity index (χ4v) is 3.23. The Balaban J connectivity index is 1.80. The van der Waals surface area contributed by atoms with Crippen LogP contribution in [0.5, 0.6) is 5.75 Å². The number of nitriles is 1. The minimum Gasteiger partial charge on any atom is -0.489 e. The van der Waals surface area contributed by atoms with Crippen molar-refractivity contribution in [2.24, 2.45) is 0 Å². The number of ether oxygens (including phenoxy) is 2. The van der Waals surface area contributed by atoms with E-state index in [9.17, 15) is 10.1 Å². The number of aromatic nitrogens is 2. The summed E-state index contributed by atoms with van der Waals surface area (Å²) in [6.45, 7) is 4.88. The van der Waals surface area contributed by atoms with Crippen LogP contribution in [-0.2, 0) is 11.2 Å². The van der Waals surface area contributed by atoms with Gasteiger partial charge in [0, 0.05) is 36.6 Å². The Bertz CT molecular complexity index is 917. The van der Waals surface area contributed by atoms with E-state index in [1.807, 2.05) is 6.07 Å². The van der Waals surface area contributed by atoms with Gasteiger partial charge in [0.1, 0.15) is 23.7 Å². The van der Waals surface area contributed by atoms with Crippen LogP contribution in [0, 0.1) is 11.3 Å². The number of hydrogen-bond donors (Lipinski definition) is 2. The van der Waals surface area contributed by atoms with E-state index in [2.05, 4.69) is 21.4 Å². The van der Waals surface area contributed by atoms with Crippen molar-refractivity contribution in [3.8, 4) is 23.1 Å². The van der Waals surface area contributed by atoms with Gasteiger partial charge >= 0.3 is 6.09 Å². The standard InChI is InChI=1S/C21H24N4O4/c1-21(2,25-20(26)27)12-19-23-8-5-17(24-19)14-3-4-18(15(11-14)13-22)29-16-6-9-28-10-7-16/h3-5,8,11,16,25H,6-7,9-10,12H2,1-2H3,(H,26,27). The monoisotopic (exact) mass is 396 g/mol. The average Bonchev–Trinajstić information content (AvgIpc) is 2.68. The van der Waals surface area contributed by atoms with E-state index in [4.69, 9.17) is 14.6 Å². The molecule has 0 saturated carbocycles. The maximum atomic E-state index is 10.9. The summed E-state index contributed by atoms with van der Waals surface area (Å²) in [5, 5.41) is 21.0. The molecule has 3 rings (SSSR count). The van der Waals surface area contributed by atoms with Crippen LogP contribution in [0.1, 0.15) is 38.1 Å². The van der Waals surface area contributed by atoms with Crippen molar-refractivity contribution < 1.29 is 19.4 Å². The van der Waals surface area contributed by atoms with Crippen LogP contribution in [0.2, 0.25) is 0 Å². The lowest BCUT2D eigenvalue weighted by Crippen LogP contribution is -2.44. The molecule has 1 aromatic heterocycles. The molecule has 8 nitrogen and oxygen atoms in total. The third kappa shape index (κ3) is 5.65. The van der Waals surface area contributed by atoms with E-state index < -0.39 is 11.6 Å². The van der Waals surface area contributed by atoms with Crippen molar-refractivity contribution in [2.45, 2.75) is 44.8 Å². The second kappa shape index (κ2) is 8.88. The van der Waals surface area contributed by atoms with Crippen molar-refractivity contribution in [1.82, 2.24) is 15.3 Å². The number of benzene rings is 1. The lowest BCUT2D eigenvalue weighted by atomic mass is 10.0. The molecule has 0 atom stereocenters. The SMILES string of the molecule is CC(C)(Cc1nccc(-c2ccc(OC3CCOCC3)c(C#N)c2)n1)NC(=O)O. The number of nitrogens with zero attached hydrogens (tertiary/aromatic N) is 3. The van der Waals surface area contributed by atoms with Crippen LogP contribution in [-0.4, -0.2) is 46.0 Å². The summed E-state index contributed by atoms with van der Waals surface area (Å²) in [6.07, 6.45) is 2.54. The Morgan fingerprint density at radius 1 is 1.38 bits per heavy atom. The molecule has 8 heteroatoms. The molecule has 0 unspecified atom stereocenters. The molecule has 29 heavy (non-hydrogen) atoms. The van der Waals surface area contributed by atoms with Crippen molar-refractivity contribution in [1.29, 1.82) is 5.26 Å². The summed E-state index contributed by atoms with van der Waals surface area (Å²) in [7, 11) is 0. The first-order valence-corrected chi connectivity index (χ1v) is 9.48. The highest BCUT2D eigenvalue weighted by atomic mass is 16.5. The number of hydrogen-bond acceptors (Lipinski definition) is 6. The predicted molar refractivity (Wildman–Crippen MR) is 106 cm³/mol. The highest BCUT2D eigenvalue weighted by Crippen LogP contribution is 2.27. The second-order valence-electron chi connectivity index (χ2n) is 7.60. The smallest absolute Gasteiger partial charge is 0.405 e. The number of carboxylic acid groups (broad SMARTS) is 1. The Morgan fingerprint density at radius 3 is 2.83 bits per heavy atom. The third-order valence-corrected chi connectivity index (χ3v) is 4.61. The molecular formula is C21H24N4O4. The van der Waals surface area contributed by atoms with Crippen molar-refractivity contribution in [2.75, 3.05) is 13.2 Å². The minimum atomic E-state index is -1.09. The molecule has 2 aromatic rings. The summed E-state index contributed by atoms with van der Waals surface area (Å²) < 4.78 is 11.3. The first-order valence-electron chi connectivity index (χ1n) is 9.48. The Kier molecular flexibility index (Phi) is 6.29. The summed E-state index contributed by atoms with van der Waals surface area (Å²) >= 11 is 0. The van der Waals surface area contributed by atoms with Crippen molar-refractivity contribution in [3.63, 3.8) is 0 Å². The lowest BCUT2D eigenvalue weighted by Gasteiger charge is -2.24. The molecule has 0 spiro atoms. The van der Waals surface area contributed by atoms with Gasteiger partial charge in [0.05, 0.1) is 24.5 Å². The van der Waals surface area contributed by atoms with Gasteiger partial charge in [0.2, 0.25) is 0 Å². The molecule has 1 fully saturated rings. The average molecular weight is 396 g/mol. The van der Waals surface area contributed by atoms with E-state index in [0.29, 0.717) is 42.5 Å². The molecule has 0 bridgehead atoms. The first kappa shape index (κ1) is 20.6. The van der Waals surface area contributed by atoms with Gasteiger partial charge in [0.15, 0.2) is 0 Å². The van der Waals surface area contributed by atoms with Gasteiger partial charge < -0.3 is 19.9 Å².